The van der Waals surface area contributed by atoms with Crippen LogP contribution in [0.15, 0.2) is 255 Å². The highest BCUT2D eigenvalue weighted by atomic mass is 31.2. The summed E-state index contributed by atoms with van der Waals surface area (Å²) in [6.07, 6.45) is 0. The molecule has 0 saturated heterocycles. The predicted molar refractivity (Wildman–Crippen MR) is 241 cm³/mol. The fraction of sp³-hybridized carbons (Fsp3) is 0. The molecule has 1 N–H and O–H groups in total. The van der Waals surface area contributed by atoms with Crippen molar-refractivity contribution >= 4 is 28.5 Å². The van der Waals surface area contributed by atoms with Gasteiger partial charge < -0.3 is 5.48 Å². The first-order chi connectivity index (χ1) is 27.3. The molecule has 0 unspecified atom stereocenters. The van der Waals surface area contributed by atoms with E-state index in [4.69, 9.17) is 0 Å². The van der Waals surface area contributed by atoms with Gasteiger partial charge in [-0.05, 0) is 81.9 Å². The molecule has 9 aromatic carbocycles. The van der Waals surface area contributed by atoms with Crippen molar-refractivity contribution < 1.29 is 5.48 Å². The monoisotopic (exact) mass is 738 g/mol. The Morgan fingerprint density at radius 2 is 0.482 bits per heavy atom. The Morgan fingerprint density at radius 1 is 0.214 bits per heavy atom. The Bertz CT molecular complexity index is 2390. The highest BCUT2D eigenvalue weighted by Crippen LogP contribution is 2.58. The first-order valence-electron chi connectivity index (χ1n) is 18.8. The van der Waals surface area contributed by atoms with Crippen LogP contribution in [0, 0.1) is 0 Å². The maximum Gasteiger partial charge on any atom is 0.144 e. The van der Waals surface area contributed by atoms with E-state index in [0.717, 1.165) is 0 Å². The van der Waals surface area contributed by atoms with Crippen LogP contribution in [0.4, 0.5) is 0 Å². The normalized spacial score (nSPS) is 10.7. The minimum atomic E-state index is -2.37. The number of rotatable bonds is 8. The van der Waals surface area contributed by atoms with E-state index >= 15 is 0 Å². The van der Waals surface area contributed by atoms with Crippen molar-refractivity contribution in [3.05, 3.63) is 255 Å². The number of benzene rings is 9. The molecule has 9 aromatic rings. The smallest absolute Gasteiger partial charge is 0.144 e. The summed E-state index contributed by atoms with van der Waals surface area (Å²) in [5.41, 5.74) is 10.0. The van der Waals surface area contributed by atoms with Gasteiger partial charge in [0.2, 0.25) is 0 Å². The molecule has 0 aromatic heterocycles. The van der Waals surface area contributed by atoms with E-state index in [2.05, 4.69) is 243 Å². The van der Waals surface area contributed by atoms with Gasteiger partial charge in [0, 0.05) is 11.1 Å². The van der Waals surface area contributed by atoms with Crippen molar-refractivity contribution in [2.24, 2.45) is 0 Å². The molecule has 0 saturated carbocycles. The van der Waals surface area contributed by atoms with E-state index in [-0.39, 0.29) is 5.48 Å². The summed E-state index contributed by atoms with van der Waals surface area (Å²) < 4.78 is 0. The quantitative estimate of drug-likeness (QED) is 0.143. The van der Waals surface area contributed by atoms with Crippen LogP contribution in [0.25, 0.3) is 44.5 Å². The van der Waals surface area contributed by atoms with E-state index in [1.54, 1.807) is 0 Å². The lowest BCUT2D eigenvalue weighted by molar-refractivity contribution is 0.824. The minimum Gasteiger partial charge on any atom is -0.870 e. The average molecular weight is 739 g/mol. The Hall–Kier alpha value is -6.63. The zero-order valence-corrected chi connectivity index (χ0v) is 32.0. The van der Waals surface area contributed by atoms with E-state index in [0.29, 0.717) is 0 Å². The van der Waals surface area contributed by atoms with Crippen molar-refractivity contribution in [1.29, 1.82) is 0 Å². The van der Waals surface area contributed by atoms with Crippen molar-refractivity contribution in [3.63, 3.8) is 0 Å². The number of hydrogen-bond acceptors (Lipinski definition) is 1. The lowest BCUT2D eigenvalue weighted by atomic mass is 9.87. The fourth-order valence-corrected chi connectivity index (χ4v) is 12.1. The van der Waals surface area contributed by atoms with Crippen molar-refractivity contribution in [2.75, 3.05) is 0 Å². The molecule has 270 valence electrons. The largest absolute Gasteiger partial charge is 0.870 e. The van der Waals surface area contributed by atoms with Crippen LogP contribution in [0.1, 0.15) is 0 Å². The molecular weight excluding hydrogens is 696 g/mol. The topological polar surface area (TPSA) is 30.0 Å². The predicted octanol–water partition coefficient (Wildman–Crippen LogP) is 12.5. The summed E-state index contributed by atoms with van der Waals surface area (Å²) in [6, 6.07) is 91.8. The molecule has 0 radical (unpaired) electrons. The summed E-state index contributed by atoms with van der Waals surface area (Å²) in [6.45, 7) is 0. The Labute approximate surface area is 331 Å². The van der Waals surface area contributed by atoms with Crippen molar-refractivity contribution in [2.45, 2.75) is 0 Å². The lowest BCUT2D eigenvalue weighted by Gasteiger charge is -2.31. The third-order valence-corrected chi connectivity index (χ3v) is 14.4. The van der Waals surface area contributed by atoms with E-state index < -0.39 is 7.26 Å². The second-order valence-electron chi connectivity index (χ2n) is 13.4. The molecule has 0 fully saturated rings. The van der Waals surface area contributed by atoms with Crippen LogP contribution in [0.5, 0.6) is 0 Å². The summed E-state index contributed by atoms with van der Waals surface area (Å²) in [4.78, 5) is 0. The fourth-order valence-electron chi connectivity index (χ4n) is 7.61. The second-order valence-corrected chi connectivity index (χ2v) is 16.8. The highest BCUT2D eigenvalue weighted by Gasteiger charge is 2.50. The standard InChI is InChI=1S/C42H32P.C12H10.H2O/c1-7-19-33(20-8-1)39-31-32-40(42(35-23-11-3-12-24-35)41(39)34-21-9-2-10-22-34)43(36-25-13-4-14-26-36,37-27-15-5-16-28-37)38-29-17-6-18-30-38;1-3-7-11(8-4-1)12-9-5-2-6-10-12;/h1-32H;1-10H;1H2/q+1;;/p-1. The van der Waals surface area contributed by atoms with Gasteiger partial charge in [0.15, 0.2) is 0 Å². The van der Waals surface area contributed by atoms with Gasteiger partial charge in [-0.25, -0.2) is 0 Å². The van der Waals surface area contributed by atoms with Crippen molar-refractivity contribution in [1.82, 2.24) is 0 Å². The molecule has 56 heavy (non-hydrogen) atoms. The summed E-state index contributed by atoms with van der Waals surface area (Å²) in [7, 11) is -2.37. The van der Waals surface area contributed by atoms with Crippen LogP contribution in [0.2, 0.25) is 0 Å². The van der Waals surface area contributed by atoms with Gasteiger partial charge in [-0.15, -0.1) is 0 Å². The third kappa shape index (κ3) is 7.79. The van der Waals surface area contributed by atoms with Gasteiger partial charge in [0.05, 0.1) is 0 Å². The van der Waals surface area contributed by atoms with Crippen LogP contribution < -0.4 is 21.2 Å². The summed E-state index contributed by atoms with van der Waals surface area (Å²) in [5.74, 6) is 0. The Morgan fingerprint density at radius 3 is 0.821 bits per heavy atom. The van der Waals surface area contributed by atoms with Gasteiger partial charge in [-0.2, -0.15) is 0 Å². The molecule has 9 rings (SSSR count). The third-order valence-electron chi connectivity index (χ3n) is 10.1. The minimum absolute atomic E-state index is 0. The lowest BCUT2D eigenvalue weighted by Crippen LogP contribution is -2.39. The Balaban J connectivity index is 0.000000315. The summed E-state index contributed by atoms with van der Waals surface area (Å²) in [5, 5.41) is 5.39. The molecule has 0 aliphatic rings. The Kier molecular flexibility index (Phi) is 12.2. The van der Waals surface area contributed by atoms with Gasteiger partial charge in [-0.1, -0.05) is 206 Å². The van der Waals surface area contributed by atoms with Crippen molar-refractivity contribution in [3.8, 4) is 44.5 Å². The molecule has 0 aliphatic carbocycles. The molecular formula is C54H43OP. The zero-order valence-electron chi connectivity index (χ0n) is 31.1. The molecule has 0 bridgehead atoms. The zero-order chi connectivity index (χ0) is 37.1. The number of hydrogen-bond donors (Lipinski definition) is 0. The molecule has 0 atom stereocenters. The molecule has 0 spiro atoms. The maximum atomic E-state index is 2.43. The highest BCUT2D eigenvalue weighted by molar-refractivity contribution is 8.01. The van der Waals surface area contributed by atoms with E-state index in [1.165, 1.54) is 65.7 Å². The van der Waals surface area contributed by atoms with E-state index in [9.17, 15) is 0 Å². The molecule has 0 heterocycles. The van der Waals surface area contributed by atoms with Crippen LogP contribution in [-0.4, -0.2) is 5.48 Å². The first kappa shape index (κ1) is 37.7. The second kappa shape index (κ2) is 18.1. The van der Waals surface area contributed by atoms with Gasteiger partial charge in [-0.3, -0.25) is 0 Å². The first-order valence-corrected chi connectivity index (χ1v) is 20.6. The molecule has 0 amide bonds. The molecule has 2 heteroatoms. The van der Waals surface area contributed by atoms with E-state index in [1.807, 2.05) is 12.1 Å². The maximum absolute atomic E-state index is 2.43. The van der Waals surface area contributed by atoms with Gasteiger partial charge >= 0.3 is 0 Å². The molecule has 0 aliphatic heterocycles. The summed E-state index contributed by atoms with van der Waals surface area (Å²) >= 11 is 0. The van der Waals surface area contributed by atoms with Crippen LogP contribution in [0.3, 0.4) is 0 Å². The van der Waals surface area contributed by atoms with Gasteiger partial charge in [0.1, 0.15) is 28.5 Å². The van der Waals surface area contributed by atoms with Crippen LogP contribution in [-0.2, 0) is 0 Å². The van der Waals surface area contributed by atoms with Crippen LogP contribution >= 0.6 is 7.26 Å². The van der Waals surface area contributed by atoms with Gasteiger partial charge in [0.25, 0.3) is 0 Å². The average Bonchev–Trinajstić information content (AvgIpc) is 3.29. The SMILES string of the molecule is [OH-].c1ccc(-c2ccc([P+](c3ccccc3)(c3ccccc3)c3ccccc3)c(-c3ccccc3)c2-c2ccccc2)cc1.c1ccc(-c2ccccc2)cc1. The molecule has 1 nitrogen and oxygen atoms in total.